The van der Waals surface area contributed by atoms with E-state index in [0.29, 0.717) is 10.8 Å². The number of nitrogens with one attached hydrogen (secondary N) is 2. The molecule has 1 aromatic carbocycles. The first kappa shape index (κ1) is 19.7. The Kier molecular flexibility index (Phi) is 5.83. The SMILES string of the molecule is CNC(=O)Cc1csc(NC(=O)CN2CCN(c3ccc(F)c(F)c3)C2=O)n1. The molecule has 1 aliphatic rings. The van der Waals surface area contributed by atoms with Crippen molar-refractivity contribution in [3.63, 3.8) is 0 Å². The molecule has 2 N–H and O–H groups in total. The van der Waals surface area contributed by atoms with E-state index >= 15 is 0 Å². The van der Waals surface area contributed by atoms with Gasteiger partial charge < -0.3 is 15.5 Å². The number of benzene rings is 1. The van der Waals surface area contributed by atoms with Gasteiger partial charge in [0.25, 0.3) is 0 Å². The summed E-state index contributed by atoms with van der Waals surface area (Å²) in [6.07, 6.45) is 0.108. The first-order valence-electron chi connectivity index (χ1n) is 8.33. The number of aromatic nitrogens is 1. The van der Waals surface area contributed by atoms with Gasteiger partial charge in [-0.1, -0.05) is 0 Å². The van der Waals surface area contributed by atoms with Gasteiger partial charge in [0.1, 0.15) is 6.54 Å². The van der Waals surface area contributed by atoms with Crippen LogP contribution in [0.5, 0.6) is 0 Å². The number of hydrogen-bond acceptors (Lipinski definition) is 5. The molecule has 0 spiro atoms. The Morgan fingerprint density at radius 3 is 2.71 bits per heavy atom. The quantitative estimate of drug-likeness (QED) is 0.758. The number of urea groups is 1. The molecule has 11 heteroatoms. The molecule has 3 rings (SSSR count). The number of thiazole rings is 1. The molecule has 0 saturated carbocycles. The van der Waals surface area contributed by atoms with Gasteiger partial charge in [-0.25, -0.2) is 18.6 Å². The Morgan fingerprint density at radius 1 is 1.21 bits per heavy atom. The highest BCUT2D eigenvalue weighted by atomic mass is 32.1. The number of rotatable bonds is 6. The van der Waals surface area contributed by atoms with E-state index in [-0.39, 0.29) is 37.6 Å². The van der Waals surface area contributed by atoms with Crippen molar-refractivity contribution in [3.8, 4) is 0 Å². The third kappa shape index (κ3) is 4.42. The molecule has 1 aromatic heterocycles. The Bertz CT molecular complexity index is 920. The van der Waals surface area contributed by atoms with Crippen LogP contribution in [0.15, 0.2) is 23.6 Å². The Balaban J connectivity index is 1.57. The molecule has 0 bridgehead atoms. The summed E-state index contributed by atoms with van der Waals surface area (Å²) in [5.74, 6) is -2.67. The molecule has 0 radical (unpaired) electrons. The maximum absolute atomic E-state index is 13.4. The molecule has 0 aliphatic carbocycles. The highest BCUT2D eigenvalue weighted by Crippen LogP contribution is 2.22. The lowest BCUT2D eigenvalue weighted by Gasteiger charge is -2.18. The summed E-state index contributed by atoms with van der Waals surface area (Å²) in [6, 6.07) is 2.73. The number of amides is 4. The molecule has 2 heterocycles. The van der Waals surface area contributed by atoms with E-state index < -0.39 is 23.6 Å². The van der Waals surface area contributed by atoms with E-state index in [1.54, 1.807) is 5.38 Å². The lowest BCUT2D eigenvalue weighted by Crippen LogP contribution is -2.37. The number of carbonyl (C=O) groups is 3. The molecule has 4 amide bonds. The second-order valence-corrected chi connectivity index (χ2v) is 6.85. The minimum atomic E-state index is -1.04. The average Bonchev–Trinajstić information content (AvgIpc) is 3.24. The van der Waals surface area contributed by atoms with Crippen LogP contribution in [0.3, 0.4) is 0 Å². The molecule has 28 heavy (non-hydrogen) atoms. The minimum absolute atomic E-state index is 0.108. The monoisotopic (exact) mass is 409 g/mol. The number of hydrogen-bond donors (Lipinski definition) is 2. The normalized spacial score (nSPS) is 13.8. The summed E-state index contributed by atoms with van der Waals surface area (Å²) in [7, 11) is 1.52. The van der Waals surface area contributed by atoms with Crippen LogP contribution in [0, 0.1) is 11.6 Å². The van der Waals surface area contributed by atoms with Crippen molar-refractivity contribution in [2.24, 2.45) is 0 Å². The van der Waals surface area contributed by atoms with Crippen LogP contribution in [0.2, 0.25) is 0 Å². The third-order valence-electron chi connectivity index (χ3n) is 4.06. The molecular formula is C17H17F2N5O3S. The van der Waals surface area contributed by atoms with Gasteiger partial charge >= 0.3 is 6.03 Å². The lowest BCUT2D eigenvalue weighted by atomic mass is 10.3. The number of likely N-dealkylation sites (N-methyl/N-ethyl adjacent to an activating group) is 1. The maximum atomic E-state index is 13.4. The molecule has 2 aromatic rings. The second-order valence-electron chi connectivity index (χ2n) is 6.00. The van der Waals surface area contributed by atoms with Crippen molar-refractivity contribution < 1.29 is 23.2 Å². The number of halogens is 2. The predicted octanol–water partition coefficient (Wildman–Crippen LogP) is 1.59. The fourth-order valence-corrected chi connectivity index (χ4v) is 3.38. The fourth-order valence-electron chi connectivity index (χ4n) is 2.65. The predicted molar refractivity (Wildman–Crippen MR) is 99.2 cm³/mol. The van der Waals surface area contributed by atoms with E-state index in [0.717, 1.165) is 12.1 Å². The van der Waals surface area contributed by atoms with E-state index in [4.69, 9.17) is 0 Å². The van der Waals surface area contributed by atoms with Crippen LogP contribution in [0.25, 0.3) is 0 Å². The summed E-state index contributed by atoms with van der Waals surface area (Å²) in [4.78, 5) is 42.7. The average molecular weight is 409 g/mol. The number of nitrogens with zero attached hydrogens (tertiary/aromatic N) is 3. The van der Waals surface area contributed by atoms with Crippen molar-refractivity contribution in [1.82, 2.24) is 15.2 Å². The fraction of sp³-hybridized carbons (Fsp3) is 0.294. The van der Waals surface area contributed by atoms with Crippen LogP contribution >= 0.6 is 11.3 Å². The zero-order valence-electron chi connectivity index (χ0n) is 14.9. The van der Waals surface area contributed by atoms with Crippen molar-refractivity contribution >= 4 is 40.0 Å². The van der Waals surface area contributed by atoms with Gasteiger partial charge in [-0.05, 0) is 12.1 Å². The third-order valence-corrected chi connectivity index (χ3v) is 4.87. The largest absolute Gasteiger partial charge is 0.359 e. The van der Waals surface area contributed by atoms with Gasteiger partial charge in [-0.3, -0.25) is 14.5 Å². The lowest BCUT2D eigenvalue weighted by molar-refractivity contribution is -0.120. The van der Waals surface area contributed by atoms with Crippen molar-refractivity contribution in [3.05, 3.63) is 40.9 Å². The maximum Gasteiger partial charge on any atom is 0.325 e. The minimum Gasteiger partial charge on any atom is -0.359 e. The zero-order chi connectivity index (χ0) is 20.3. The first-order valence-corrected chi connectivity index (χ1v) is 9.21. The van der Waals surface area contributed by atoms with Crippen molar-refractivity contribution in [2.45, 2.75) is 6.42 Å². The second kappa shape index (κ2) is 8.30. The Hall–Kier alpha value is -3.08. The van der Waals surface area contributed by atoms with Crippen LogP contribution in [0.1, 0.15) is 5.69 Å². The van der Waals surface area contributed by atoms with E-state index in [1.807, 2.05) is 0 Å². The van der Waals surface area contributed by atoms with Gasteiger partial charge in [0, 0.05) is 37.3 Å². The van der Waals surface area contributed by atoms with Crippen molar-refractivity contribution in [2.75, 3.05) is 36.9 Å². The molecule has 8 nitrogen and oxygen atoms in total. The first-order chi connectivity index (χ1) is 13.4. The van der Waals surface area contributed by atoms with Gasteiger partial charge in [-0.2, -0.15) is 0 Å². The summed E-state index contributed by atoms with van der Waals surface area (Å²) in [5, 5.41) is 7.06. The number of anilines is 2. The van der Waals surface area contributed by atoms with Gasteiger partial charge in [0.15, 0.2) is 16.8 Å². The molecule has 148 valence electrons. The smallest absolute Gasteiger partial charge is 0.325 e. The molecular weight excluding hydrogens is 392 g/mol. The topological polar surface area (TPSA) is 94.6 Å². The highest BCUT2D eigenvalue weighted by Gasteiger charge is 2.31. The van der Waals surface area contributed by atoms with Crippen LogP contribution in [0.4, 0.5) is 24.4 Å². The Labute approximate surface area is 163 Å². The highest BCUT2D eigenvalue weighted by molar-refractivity contribution is 7.13. The van der Waals surface area contributed by atoms with Gasteiger partial charge in [0.05, 0.1) is 12.1 Å². The zero-order valence-corrected chi connectivity index (χ0v) is 15.7. The van der Waals surface area contributed by atoms with E-state index in [1.165, 1.54) is 34.3 Å². The van der Waals surface area contributed by atoms with Gasteiger partial charge in [0.2, 0.25) is 11.8 Å². The standard InChI is InChI=1S/C17H17F2N5O3S/c1-20-14(25)6-10-9-28-16(21-10)22-15(26)8-23-4-5-24(17(23)27)11-2-3-12(18)13(19)7-11/h2-3,7,9H,4-6,8H2,1H3,(H,20,25)(H,21,22,26). The summed E-state index contributed by atoms with van der Waals surface area (Å²) in [6.45, 7) is 0.319. The Morgan fingerprint density at radius 2 is 2.00 bits per heavy atom. The van der Waals surface area contributed by atoms with E-state index in [2.05, 4.69) is 15.6 Å². The summed E-state index contributed by atoms with van der Waals surface area (Å²) < 4.78 is 26.5. The summed E-state index contributed by atoms with van der Waals surface area (Å²) >= 11 is 1.18. The molecule has 0 unspecified atom stereocenters. The molecule has 1 saturated heterocycles. The molecule has 1 aliphatic heterocycles. The summed E-state index contributed by atoms with van der Waals surface area (Å²) in [5.41, 5.74) is 0.756. The molecule has 0 atom stereocenters. The van der Waals surface area contributed by atoms with Crippen LogP contribution < -0.4 is 15.5 Å². The van der Waals surface area contributed by atoms with Gasteiger partial charge in [-0.15, -0.1) is 11.3 Å². The van der Waals surface area contributed by atoms with E-state index in [9.17, 15) is 23.2 Å². The number of carbonyl (C=O) groups excluding carboxylic acids is 3. The van der Waals surface area contributed by atoms with Crippen molar-refractivity contribution in [1.29, 1.82) is 0 Å². The van der Waals surface area contributed by atoms with Crippen LogP contribution in [-0.4, -0.2) is 54.4 Å². The molecule has 1 fully saturated rings. The van der Waals surface area contributed by atoms with Crippen LogP contribution in [-0.2, 0) is 16.0 Å².